The predicted molar refractivity (Wildman–Crippen MR) is 103 cm³/mol. The molecule has 136 valence electrons. The first-order valence-electron chi connectivity index (χ1n) is 8.39. The van der Waals surface area contributed by atoms with Gasteiger partial charge in [0, 0.05) is 29.6 Å². The molecule has 2 heterocycles. The number of pyridine rings is 1. The number of nitrogens with zero attached hydrogens (tertiary/aromatic N) is 4. The molecule has 0 bridgehead atoms. The summed E-state index contributed by atoms with van der Waals surface area (Å²) in [5.74, 6) is 0.274. The predicted octanol–water partition coefficient (Wildman–Crippen LogP) is 4.50. The fourth-order valence-electron chi connectivity index (χ4n) is 2.44. The van der Waals surface area contributed by atoms with Gasteiger partial charge in [0.2, 0.25) is 5.95 Å². The van der Waals surface area contributed by atoms with Crippen LogP contribution >= 0.6 is 0 Å². The number of rotatable bonds is 4. The van der Waals surface area contributed by atoms with Crippen LogP contribution in [0.15, 0.2) is 48.8 Å². The Morgan fingerprint density at radius 2 is 1.93 bits per heavy atom. The van der Waals surface area contributed by atoms with Crippen molar-refractivity contribution in [3.63, 3.8) is 0 Å². The molecule has 0 atom stereocenters. The molecule has 3 rings (SSSR count). The lowest BCUT2D eigenvalue weighted by Crippen LogP contribution is -2.27. The summed E-state index contributed by atoms with van der Waals surface area (Å²) < 4.78 is 13.9. The third kappa shape index (κ3) is 4.55. The van der Waals surface area contributed by atoms with Crippen LogP contribution in [0, 0.1) is 17.1 Å². The summed E-state index contributed by atoms with van der Waals surface area (Å²) in [5.41, 5.74) is 1.50. The molecule has 0 saturated heterocycles. The van der Waals surface area contributed by atoms with E-state index in [4.69, 9.17) is 0 Å². The first-order valence-corrected chi connectivity index (χ1v) is 8.39. The van der Waals surface area contributed by atoms with Gasteiger partial charge in [0.05, 0.1) is 11.4 Å². The van der Waals surface area contributed by atoms with E-state index in [1.807, 2.05) is 39.0 Å². The summed E-state index contributed by atoms with van der Waals surface area (Å²) in [7, 11) is 0. The molecule has 3 aromatic rings. The van der Waals surface area contributed by atoms with Gasteiger partial charge in [0.25, 0.3) is 0 Å². The van der Waals surface area contributed by atoms with Gasteiger partial charge >= 0.3 is 0 Å². The highest BCUT2D eigenvalue weighted by atomic mass is 19.1. The lowest BCUT2D eigenvalue weighted by atomic mass is 10.1. The minimum Gasteiger partial charge on any atom is -0.350 e. The van der Waals surface area contributed by atoms with Gasteiger partial charge in [0.1, 0.15) is 23.3 Å². The summed E-state index contributed by atoms with van der Waals surface area (Å²) in [4.78, 5) is 13.1. The molecular weight excluding hydrogens is 343 g/mol. The van der Waals surface area contributed by atoms with E-state index in [0.29, 0.717) is 23.1 Å². The number of halogens is 1. The van der Waals surface area contributed by atoms with Crippen molar-refractivity contribution < 1.29 is 4.39 Å². The maximum Gasteiger partial charge on any atom is 0.225 e. The van der Waals surface area contributed by atoms with Gasteiger partial charge in [-0.1, -0.05) is 6.07 Å². The highest BCUT2D eigenvalue weighted by Crippen LogP contribution is 2.26. The molecule has 0 radical (unpaired) electrons. The highest BCUT2D eigenvalue weighted by molar-refractivity contribution is 5.69. The van der Waals surface area contributed by atoms with E-state index in [2.05, 4.69) is 25.6 Å². The van der Waals surface area contributed by atoms with Crippen LogP contribution in [-0.2, 0) is 0 Å². The Hall–Kier alpha value is -3.53. The molecular formula is C20H19FN6. The van der Waals surface area contributed by atoms with E-state index in [-0.39, 0.29) is 11.1 Å². The minimum atomic E-state index is -0.586. The van der Waals surface area contributed by atoms with E-state index < -0.39 is 5.82 Å². The Morgan fingerprint density at radius 1 is 1.11 bits per heavy atom. The molecule has 0 fully saturated rings. The third-order valence-corrected chi connectivity index (χ3v) is 3.56. The Balaban J connectivity index is 2.06. The van der Waals surface area contributed by atoms with Crippen molar-refractivity contribution in [3.8, 4) is 17.3 Å². The van der Waals surface area contributed by atoms with E-state index >= 15 is 0 Å². The number of nitrogens with one attached hydrogen (secondary N) is 2. The number of aromatic nitrogens is 3. The summed E-state index contributed by atoms with van der Waals surface area (Å²) in [6.07, 6.45) is 3.39. The van der Waals surface area contributed by atoms with E-state index in [1.165, 1.54) is 12.1 Å². The number of hydrogen-bond donors (Lipinski definition) is 2. The maximum atomic E-state index is 13.9. The minimum absolute atomic E-state index is 0.0654. The molecule has 27 heavy (non-hydrogen) atoms. The van der Waals surface area contributed by atoms with Gasteiger partial charge in [-0.2, -0.15) is 10.2 Å². The topological polar surface area (TPSA) is 86.5 Å². The summed E-state index contributed by atoms with van der Waals surface area (Å²) in [6.45, 7) is 6.00. The molecule has 0 spiro atoms. The number of anilines is 3. The van der Waals surface area contributed by atoms with Gasteiger partial charge < -0.3 is 10.6 Å². The van der Waals surface area contributed by atoms with Gasteiger partial charge in [-0.3, -0.25) is 4.98 Å². The van der Waals surface area contributed by atoms with Crippen molar-refractivity contribution >= 4 is 17.5 Å². The van der Waals surface area contributed by atoms with Crippen molar-refractivity contribution in [2.24, 2.45) is 0 Å². The highest BCUT2D eigenvalue weighted by Gasteiger charge is 2.15. The summed E-state index contributed by atoms with van der Waals surface area (Å²) >= 11 is 0. The van der Waals surface area contributed by atoms with Crippen LogP contribution in [0.25, 0.3) is 11.3 Å². The van der Waals surface area contributed by atoms with Crippen molar-refractivity contribution in [1.82, 2.24) is 15.0 Å². The zero-order chi connectivity index (χ0) is 19.4. The number of hydrogen-bond acceptors (Lipinski definition) is 6. The second-order valence-electron chi connectivity index (χ2n) is 6.98. The molecule has 2 aromatic heterocycles. The smallest absolute Gasteiger partial charge is 0.225 e. The SMILES string of the molecule is CC(C)(C)Nc1nc(Nc2cccc(F)c2C#N)cc(-c2cccnc2)n1. The fourth-order valence-corrected chi connectivity index (χ4v) is 2.44. The second-order valence-corrected chi connectivity index (χ2v) is 6.98. The van der Waals surface area contributed by atoms with Crippen molar-refractivity contribution in [3.05, 3.63) is 60.2 Å². The van der Waals surface area contributed by atoms with E-state index in [1.54, 1.807) is 24.5 Å². The van der Waals surface area contributed by atoms with Gasteiger partial charge in [-0.15, -0.1) is 0 Å². The monoisotopic (exact) mass is 362 g/mol. The fraction of sp³-hybridized carbons (Fsp3) is 0.200. The largest absolute Gasteiger partial charge is 0.350 e. The van der Waals surface area contributed by atoms with E-state index in [0.717, 1.165) is 5.56 Å². The normalized spacial score (nSPS) is 10.9. The summed E-state index contributed by atoms with van der Waals surface area (Å²) in [5, 5.41) is 15.5. The average Bonchev–Trinajstić information content (AvgIpc) is 2.61. The van der Waals surface area contributed by atoms with Crippen LogP contribution in [0.2, 0.25) is 0 Å². The Bertz CT molecular complexity index is 990. The number of benzene rings is 1. The Morgan fingerprint density at radius 3 is 2.59 bits per heavy atom. The van der Waals surface area contributed by atoms with Crippen LogP contribution in [0.5, 0.6) is 0 Å². The standard InChI is InChI=1S/C20H19FN6/c1-20(2,3)27-19-25-17(13-6-5-9-23-12-13)10-18(26-19)24-16-8-4-7-15(21)14(16)11-22/h4-10,12H,1-3H3,(H2,24,25,26,27). The van der Waals surface area contributed by atoms with Crippen LogP contribution in [0.3, 0.4) is 0 Å². The van der Waals surface area contributed by atoms with Crippen molar-refractivity contribution in [1.29, 1.82) is 5.26 Å². The summed E-state index contributed by atoms with van der Waals surface area (Å²) in [6, 6.07) is 11.7. The molecule has 0 amide bonds. The molecule has 6 nitrogen and oxygen atoms in total. The third-order valence-electron chi connectivity index (χ3n) is 3.56. The molecule has 7 heteroatoms. The van der Waals surface area contributed by atoms with Gasteiger partial charge in [-0.05, 0) is 45.0 Å². The lowest BCUT2D eigenvalue weighted by Gasteiger charge is -2.21. The zero-order valence-electron chi connectivity index (χ0n) is 15.3. The number of nitriles is 1. The lowest BCUT2D eigenvalue weighted by molar-refractivity contribution is 0.624. The second kappa shape index (κ2) is 7.38. The Labute approximate surface area is 157 Å². The molecule has 1 aromatic carbocycles. The molecule has 0 aliphatic heterocycles. The first-order chi connectivity index (χ1) is 12.9. The zero-order valence-corrected chi connectivity index (χ0v) is 15.3. The van der Waals surface area contributed by atoms with Crippen LogP contribution < -0.4 is 10.6 Å². The molecule has 2 N–H and O–H groups in total. The van der Waals surface area contributed by atoms with Crippen LogP contribution in [0.4, 0.5) is 21.8 Å². The molecule has 0 aliphatic carbocycles. The van der Waals surface area contributed by atoms with Crippen LogP contribution in [0.1, 0.15) is 26.3 Å². The van der Waals surface area contributed by atoms with Crippen molar-refractivity contribution in [2.75, 3.05) is 10.6 Å². The van der Waals surface area contributed by atoms with Gasteiger partial charge in [0.15, 0.2) is 0 Å². The molecule has 0 aliphatic rings. The average molecular weight is 362 g/mol. The van der Waals surface area contributed by atoms with E-state index in [9.17, 15) is 9.65 Å². The van der Waals surface area contributed by atoms with Crippen molar-refractivity contribution in [2.45, 2.75) is 26.3 Å². The molecule has 0 saturated carbocycles. The van der Waals surface area contributed by atoms with Gasteiger partial charge in [-0.25, -0.2) is 9.37 Å². The quantitative estimate of drug-likeness (QED) is 0.710. The first kappa shape index (κ1) is 18.3. The van der Waals surface area contributed by atoms with Crippen LogP contribution in [-0.4, -0.2) is 20.5 Å². The Kier molecular flexibility index (Phi) is 4.99. The molecule has 0 unspecified atom stereocenters. The maximum absolute atomic E-state index is 13.9.